The van der Waals surface area contributed by atoms with Gasteiger partial charge in [0.1, 0.15) is 16.2 Å². The second kappa shape index (κ2) is 6.48. The van der Waals surface area contributed by atoms with Crippen LogP contribution in [0.3, 0.4) is 0 Å². The molecule has 4 nitrogen and oxygen atoms in total. The molecule has 2 rings (SSSR count). The molecule has 0 amide bonds. The van der Waals surface area contributed by atoms with Gasteiger partial charge in [0.2, 0.25) is 0 Å². The summed E-state index contributed by atoms with van der Waals surface area (Å²) in [6, 6.07) is 1.99. The summed E-state index contributed by atoms with van der Waals surface area (Å²) in [4.78, 5) is 11.3. The van der Waals surface area contributed by atoms with Crippen LogP contribution in [0.1, 0.15) is 32.0 Å². The third-order valence-corrected chi connectivity index (χ3v) is 3.75. The van der Waals surface area contributed by atoms with Gasteiger partial charge in [-0.05, 0) is 41.1 Å². The molecule has 0 bridgehead atoms. The molecule has 1 saturated heterocycles. The van der Waals surface area contributed by atoms with Crippen molar-refractivity contribution in [3.05, 3.63) is 16.5 Å². The first kappa shape index (κ1) is 13.7. The van der Waals surface area contributed by atoms with Crippen molar-refractivity contribution in [3.63, 3.8) is 0 Å². The van der Waals surface area contributed by atoms with E-state index in [4.69, 9.17) is 5.11 Å². The average Bonchev–Trinajstić information content (AvgIpc) is 2.78. The predicted octanol–water partition coefficient (Wildman–Crippen LogP) is 2.40. The molecular weight excluding hydrogens is 294 g/mol. The van der Waals surface area contributed by atoms with E-state index >= 15 is 0 Å². The quantitative estimate of drug-likeness (QED) is 0.848. The highest BCUT2D eigenvalue weighted by atomic mass is 79.9. The molecule has 0 aromatic carbocycles. The Hall–Kier alpha value is -0.680. The van der Waals surface area contributed by atoms with E-state index in [0.717, 1.165) is 55.0 Å². The van der Waals surface area contributed by atoms with Gasteiger partial charge < -0.3 is 10.0 Å². The molecule has 1 aromatic rings. The molecule has 0 saturated carbocycles. The van der Waals surface area contributed by atoms with Crippen molar-refractivity contribution < 1.29 is 5.11 Å². The Balaban J connectivity index is 2.08. The molecule has 1 unspecified atom stereocenters. The molecule has 1 atom stereocenters. The predicted molar refractivity (Wildman–Crippen MR) is 75.7 cm³/mol. The second-order valence-electron chi connectivity index (χ2n) is 4.83. The molecule has 18 heavy (non-hydrogen) atoms. The van der Waals surface area contributed by atoms with Crippen LogP contribution in [0.5, 0.6) is 0 Å². The van der Waals surface area contributed by atoms with Gasteiger partial charge in [-0.25, -0.2) is 9.97 Å². The Morgan fingerprint density at radius 3 is 3.06 bits per heavy atom. The smallest absolute Gasteiger partial charge is 0.133 e. The summed E-state index contributed by atoms with van der Waals surface area (Å²) in [5, 5.41) is 8.99. The number of hydrogen-bond donors (Lipinski definition) is 1. The van der Waals surface area contributed by atoms with E-state index in [9.17, 15) is 0 Å². The number of rotatable bonds is 5. The third kappa shape index (κ3) is 3.42. The molecule has 1 aromatic heterocycles. The Morgan fingerprint density at radius 2 is 2.33 bits per heavy atom. The van der Waals surface area contributed by atoms with Gasteiger partial charge in [0.25, 0.3) is 0 Å². The van der Waals surface area contributed by atoms with Crippen LogP contribution in [0.25, 0.3) is 0 Å². The zero-order chi connectivity index (χ0) is 13.0. The summed E-state index contributed by atoms with van der Waals surface area (Å²) in [6.07, 6.45) is 4.01. The van der Waals surface area contributed by atoms with Crippen LogP contribution in [-0.4, -0.2) is 34.8 Å². The van der Waals surface area contributed by atoms with Crippen LogP contribution in [-0.2, 0) is 6.42 Å². The molecule has 0 spiro atoms. The lowest BCUT2D eigenvalue weighted by molar-refractivity contribution is 0.263. The molecule has 1 N–H and O–H groups in total. The summed E-state index contributed by atoms with van der Waals surface area (Å²) in [5.41, 5.74) is 0. The third-order valence-electron chi connectivity index (χ3n) is 3.35. The number of anilines is 1. The fourth-order valence-corrected chi connectivity index (χ4v) is 2.82. The largest absolute Gasteiger partial charge is 0.396 e. The first-order chi connectivity index (χ1) is 8.72. The first-order valence-electron chi connectivity index (χ1n) is 6.62. The topological polar surface area (TPSA) is 49.2 Å². The number of aliphatic hydroxyl groups excluding tert-OH is 1. The minimum absolute atomic E-state index is 0.285. The van der Waals surface area contributed by atoms with Gasteiger partial charge in [0.05, 0.1) is 0 Å². The zero-order valence-electron chi connectivity index (χ0n) is 10.8. The van der Waals surface area contributed by atoms with Crippen LogP contribution < -0.4 is 4.90 Å². The molecule has 1 aliphatic heterocycles. The monoisotopic (exact) mass is 313 g/mol. The van der Waals surface area contributed by atoms with E-state index in [-0.39, 0.29) is 6.61 Å². The highest BCUT2D eigenvalue weighted by Crippen LogP contribution is 2.25. The van der Waals surface area contributed by atoms with Crippen LogP contribution >= 0.6 is 15.9 Å². The summed E-state index contributed by atoms with van der Waals surface area (Å²) < 4.78 is 0.863. The number of halogens is 1. The number of hydrogen-bond acceptors (Lipinski definition) is 4. The van der Waals surface area contributed by atoms with E-state index in [1.54, 1.807) is 0 Å². The van der Waals surface area contributed by atoms with E-state index in [0.29, 0.717) is 5.92 Å². The number of aryl methyl sites for hydroxylation is 1. The molecule has 100 valence electrons. The van der Waals surface area contributed by atoms with Crippen molar-refractivity contribution in [3.8, 4) is 0 Å². The van der Waals surface area contributed by atoms with Crippen molar-refractivity contribution in [2.75, 3.05) is 24.6 Å². The van der Waals surface area contributed by atoms with Crippen molar-refractivity contribution in [2.24, 2.45) is 5.92 Å². The Bertz CT molecular complexity index is 400. The van der Waals surface area contributed by atoms with Gasteiger partial charge in [-0.15, -0.1) is 0 Å². The summed E-state index contributed by atoms with van der Waals surface area (Å²) in [6.45, 7) is 4.44. The second-order valence-corrected chi connectivity index (χ2v) is 5.64. The summed E-state index contributed by atoms with van der Waals surface area (Å²) >= 11 is 3.46. The van der Waals surface area contributed by atoms with Gasteiger partial charge in [0, 0.05) is 32.2 Å². The Morgan fingerprint density at radius 1 is 1.50 bits per heavy atom. The fraction of sp³-hybridized carbons (Fsp3) is 0.692. The van der Waals surface area contributed by atoms with Crippen LogP contribution in [0.15, 0.2) is 10.7 Å². The van der Waals surface area contributed by atoms with Crippen LogP contribution in [0, 0.1) is 5.92 Å². The zero-order valence-corrected chi connectivity index (χ0v) is 12.4. The maximum atomic E-state index is 8.99. The molecule has 1 aliphatic rings. The molecule has 0 radical (unpaired) electrons. The molecule has 5 heteroatoms. The van der Waals surface area contributed by atoms with Gasteiger partial charge in [-0.1, -0.05) is 6.92 Å². The highest BCUT2D eigenvalue weighted by molar-refractivity contribution is 9.10. The Kier molecular flexibility index (Phi) is 4.95. The van der Waals surface area contributed by atoms with E-state index in [2.05, 4.69) is 37.7 Å². The lowest BCUT2D eigenvalue weighted by Crippen LogP contribution is -2.21. The number of aromatic nitrogens is 2. The van der Waals surface area contributed by atoms with Crippen molar-refractivity contribution in [1.82, 2.24) is 9.97 Å². The normalized spacial score (nSPS) is 19.5. The van der Waals surface area contributed by atoms with E-state index < -0.39 is 0 Å². The molecule has 2 heterocycles. The Labute approximate surface area is 117 Å². The van der Waals surface area contributed by atoms with Gasteiger partial charge in [0.15, 0.2) is 0 Å². The van der Waals surface area contributed by atoms with Crippen molar-refractivity contribution >= 4 is 21.7 Å². The van der Waals surface area contributed by atoms with Gasteiger partial charge in [-0.2, -0.15) is 0 Å². The van der Waals surface area contributed by atoms with Gasteiger partial charge in [-0.3, -0.25) is 0 Å². The first-order valence-corrected chi connectivity index (χ1v) is 7.41. The lowest BCUT2D eigenvalue weighted by Gasteiger charge is -2.18. The molecular formula is C13H20BrN3O. The minimum Gasteiger partial charge on any atom is -0.396 e. The SMILES string of the molecule is CCCc1nc(Br)cc(N2CCC(CCO)C2)n1. The fourth-order valence-electron chi connectivity index (χ4n) is 2.41. The van der Waals surface area contributed by atoms with E-state index in [1.165, 1.54) is 0 Å². The van der Waals surface area contributed by atoms with Crippen molar-refractivity contribution in [1.29, 1.82) is 0 Å². The molecule has 1 fully saturated rings. The van der Waals surface area contributed by atoms with Gasteiger partial charge >= 0.3 is 0 Å². The van der Waals surface area contributed by atoms with Crippen LogP contribution in [0.4, 0.5) is 5.82 Å². The molecule has 0 aliphatic carbocycles. The maximum Gasteiger partial charge on any atom is 0.133 e. The number of nitrogens with zero attached hydrogens (tertiary/aromatic N) is 3. The average molecular weight is 314 g/mol. The standard InChI is InChI=1S/C13H20BrN3O/c1-2-3-12-15-11(14)8-13(16-12)17-6-4-10(9-17)5-7-18/h8,10,18H,2-7,9H2,1H3. The van der Waals surface area contributed by atoms with E-state index in [1.807, 2.05) is 6.07 Å². The summed E-state index contributed by atoms with van der Waals surface area (Å²) in [5.74, 6) is 2.52. The van der Waals surface area contributed by atoms with Crippen molar-refractivity contribution in [2.45, 2.75) is 32.6 Å². The minimum atomic E-state index is 0.285. The number of aliphatic hydroxyl groups is 1. The summed E-state index contributed by atoms with van der Waals surface area (Å²) in [7, 11) is 0. The van der Waals surface area contributed by atoms with Crippen LogP contribution in [0.2, 0.25) is 0 Å². The maximum absolute atomic E-state index is 8.99. The lowest BCUT2D eigenvalue weighted by atomic mass is 10.1. The highest BCUT2D eigenvalue weighted by Gasteiger charge is 2.23.